The summed E-state index contributed by atoms with van der Waals surface area (Å²) in [5.41, 5.74) is 0.211. The Morgan fingerprint density at radius 2 is 1.74 bits per heavy atom. The average Bonchev–Trinajstić information content (AvgIpc) is 3.30. The van der Waals surface area contributed by atoms with Gasteiger partial charge in [-0.3, -0.25) is 9.59 Å². The highest BCUT2D eigenvalue weighted by Gasteiger charge is 2.65. The van der Waals surface area contributed by atoms with Crippen LogP contribution in [0.25, 0.3) is 0 Å². The van der Waals surface area contributed by atoms with E-state index in [1.165, 1.54) is 5.57 Å². The average molecular weight is 515 g/mol. The van der Waals surface area contributed by atoms with Gasteiger partial charge in [-0.15, -0.1) is 0 Å². The molecule has 4 unspecified atom stereocenters. The maximum Gasteiger partial charge on any atom is 0.200 e. The van der Waals surface area contributed by atoms with Crippen LogP contribution in [0.1, 0.15) is 98.1 Å². The molecule has 5 heteroatoms. The Morgan fingerprint density at radius 3 is 2.39 bits per heavy atom. The van der Waals surface area contributed by atoms with Crippen LogP contribution in [0.4, 0.5) is 0 Å². The quantitative estimate of drug-likeness (QED) is 0.400. The molecule has 5 aliphatic carbocycles. The summed E-state index contributed by atoms with van der Waals surface area (Å²) in [6, 6.07) is 2.20. The van der Waals surface area contributed by atoms with Gasteiger partial charge in [0.05, 0.1) is 11.8 Å². The molecule has 0 saturated heterocycles. The second-order valence-corrected chi connectivity index (χ2v) is 14.9. The minimum Gasteiger partial charge on any atom is -0.445 e. The molecule has 3 saturated carbocycles. The minimum atomic E-state index is -0.624. The highest BCUT2D eigenvalue weighted by molar-refractivity contribution is 6.04. The molecule has 5 aliphatic rings. The summed E-state index contributed by atoms with van der Waals surface area (Å²) in [6.45, 7) is 15.2. The van der Waals surface area contributed by atoms with Crippen LogP contribution in [0.2, 0.25) is 0 Å². The van der Waals surface area contributed by atoms with Gasteiger partial charge in [0, 0.05) is 22.2 Å². The van der Waals surface area contributed by atoms with Gasteiger partial charge in [0.25, 0.3) is 0 Å². The predicted octanol–water partition coefficient (Wildman–Crippen LogP) is 7.06. The van der Waals surface area contributed by atoms with Crippen LogP contribution in [0.15, 0.2) is 33.9 Å². The Bertz CT molecular complexity index is 1340. The molecule has 1 heterocycles. The SMILES string of the molecule is Cc1cnc(C2(C)CC[C@]3(C)CCC4[C@H](C(=O)C=C5[C@@]6(C)C=C(C#N)C(=O)C(C)(C)C6CC[C@]54C)C3C2)o1. The number of carbonyl (C=O) groups excluding carboxylic acids is 2. The van der Waals surface area contributed by atoms with Gasteiger partial charge >= 0.3 is 0 Å². The van der Waals surface area contributed by atoms with Crippen LogP contribution in [0, 0.1) is 63.6 Å². The highest BCUT2D eigenvalue weighted by Crippen LogP contribution is 2.70. The number of ketones is 2. The van der Waals surface area contributed by atoms with E-state index in [9.17, 15) is 14.9 Å². The van der Waals surface area contributed by atoms with Crippen molar-refractivity contribution >= 4 is 11.6 Å². The van der Waals surface area contributed by atoms with E-state index in [2.05, 4.69) is 38.7 Å². The number of fused-ring (bicyclic) bond motifs is 7. The summed E-state index contributed by atoms with van der Waals surface area (Å²) >= 11 is 0. The number of carbonyl (C=O) groups is 2. The van der Waals surface area contributed by atoms with Gasteiger partial charge in [-0.05, 0) is 86.5 Å². The molecule has 0 aromatic carbocycles. The normalized spacial score (nSPS) is 45.5. The molecular formula is C33H42N2O3. The number of oxazole rings is 1. The fourth-order valence-corrected chi connectivity index (χ4v) is 10.2. The maximum atomic E-state index is 14.3. The molecule has 202 valence electrons. The van der Waals surface area contributed by atoms with Crippen LogP contribution < -0.4 is 0 Å². The molecule has 0 aliphatic heterocycles. The zero-order valence-corrected chi connectivity index (χ0v) is 24.1. The smallest absolute Gasteiger partial charge is 0.200 e. The molecule has 0 radical (unpaired) electrons. The van der Waals surface area contributed by atoms with Crippen LogP contribution >= 0.6 is 0 Å². The number of hydrogen-bond donors (Lipinski definition) is 0. The van der Waals surface area contributed by atoms with E-state index in [0.717, 1.165) is 56.6 Å². The first kappa shape index (κ1) is 25.8. The standard InChI is InChI=1S/C33H42N2O3/c1-19-18-35-28(38-19)31(5)13-12-30(4)10-8-21-26(22(30)16-31)23(36)14-25-32(21,6)11-9-24-29(2,3)27(37)20(17-34)15-33(24,25)7/h14-15,18,21-22,24,26H,8-13,16H2,1-7H3/t21?,22?,24?,26-,30-,31?,32-,33-/m0/s1. The van der Waals surface area contributed by atoms with Gasteiger partial charge in [-0.2, -0.15) is 5.26 Å². The van der Waals surface area contributed by atoms with E-state index in [4.69, 9.17) is 4.42 Å². The molecule has 1 aromatic heterocycles. The van der Waals surface area contributed by atoms with Gasteiger partial charge in [-0.1, -0.05) is 53.2 Å². The van der Waals surface area contributed by atoms with Crippen molar-refractivity contribution in [2.75, 3.05) is 0 Å². The molecule has 0 bridgehead atoms. The fourth-order valence-electron chi connectivity index (χ4n) is 10.2. The zero-order chi connectivity index (χ0) is 27.5. The fraction of sp³-hybridized carbons (Fsp3) is 0.697. The Morgan fingerprint density at radius 1 is 1.00 bits per heavy atom. The van der Waals surface area contributed by atoms with Crippen LogP contribution in [0.5, 0.6) is 0 Å². The van der Waals surface area contributed by atoms with Gasteiger partial charge < -0.3 is 4.42 Å². The van der Waals surface area contributed by atoms with Crippen molar-refractivity contribution in [3.05, 3.63) is 41.1 Å². The van der Waals surface area contributed by atoms with E-state index in [1.54, 1.807) is 0 Å². The van der Waals surface area contributed by atoms with E-state index in [0.29, 0.717) is 0 Å². The summed E-state index contributed by atoms with van der Waals surface area (Å²) in [5, 5.41) is 9.86. The Balaban J connectivity index is 1.45. The Kier molecular flexibility index (Phi) is 5.29. The zero-order valence-electron chi connectivity index (χ0n) is 24.1. The third-order valence-corrected chi connectivity index (χ3v) is 12.4. The number of aryl methyl sites for hydroxylation is 1. The number of nitriles is 1. The monoisotopic (exact) mass is 514 g/mol. The lowest BCUT2D eigenvalue weighted by Gasteiger charge is -2.64. The number of allylic oxidation sites excluding steroid dienone is 4. The van der Waals surface area contributed by atoms with Gasteiger partial charge in [0.2, 0.25) is 0 Å². The van der Waals surface area contributed by atoms with E-state index < -0.39 is 10.8 Å². The molecule has 0 spiro atoms. The van der Waals surface area contributed by atoms with Gasteiger partial charge in [-0.25, -0.2) is 4.98 Å². The first-order valence-electron chi connectivity index (χ1n) is 14.6. The van der Waals surface area contributed by atoms with Crippen molar-refractivity contribution in [1.29, 1.82) is 5.26 Å². The van der Waals surface area contributed by atoms with E-state index >= 15 is 0 Å². The van der Waals surface area contributed by atoms with Gasteiger partial charge in [0.15, 0.2) is 17.5 Å². The topological polar surface area (TPSA) is 84.0 Å². The van der Waals surface area contributed by atoms with Crippen LogP contribution in [-0.2, 0) is 15.0 Å². The van der Waals surface area contributed by atoms with Gasteiger partial charge in [0.1, 0.15) is 11.8 Å². The first-order chi connectivity index (χ1) is 17.7. The van der Waals surface area contributed by atoms with Crippen LogP contribution in [0.3, 0.4) is 0 Å². The predicted molar refractivity (Wildman–Crippen MR) is 145 cm³/mol. The molecule has 0 amide bonds. The summed E-state index contributed by atoms with van der Waals surface area (Å²) in [4.78, 5) is 32.1. The first-order valence-corrected chi connectivity index (χ1v) is 14.6. The Hall–Kier alpha value is -2.48. The van der Waals surface area contributed by atoms with E-state index in [-0.39, 0.29) is 57.1 Å². The second-order valence-electron chi connectivity index (χ2n) is 14.9. The lowest BCUT2D eigenvalue weighted by atomic mass is 9.38. The van der Waals surface area contributed by atoms with Crippen molar-refractivity contribution in [1.82, 2.24) is 4.98 Å². The molecule has 0 N–H and O–H groups in total. The van der Waals surface area contributed by atoms with Crippen molar-refractivity contribution in [2.45, 2.75) is 98.8 Å². The summed E-state index contributed by atoms with van der Waals surface area (Å²) < 4.78 is 6.06. The highest BCUT2D eigenvalue weighted by atomic mass is 16.4. The third-order valence-electron chi connectivity index (χ3n) is 12.4. The van der Waals surface area contributed by atoms with Crippen molar-refractivity contribution in [2.24, 2.45) is 45.3 Å². The van der Waals surface area contributed by atoms with Crippen molar-refractivity contribution in [3.63, 3.8) is 0 Å². The minimum absolute atomic E-state index is 0.00372. The number of nitrogens with zero attached hydrogens (tertiary/aromatic N) is 2. The maximum absolute atomic E-state index is 14.3. The summed E-state index contributed by atoms with van der Waals surface area (Å²) in [6.07, 6.45) is 12.9. The molecule has 1 aromatic rings. The largest absolute Gasteiger partial charge is 0.445 e. The molecule has 38 heavy (non-hydrogen) atoms. The lowest BCUT2D eigenvalue weighted by Crippen LogP contribution is -2.60. The van der Waals surface area contributed by atoms with Crippen molar-refractivity contribution in [3.8, 4) is 6.07 Å². The molecule has 6 rings (SSSR count). The molecule has 8 atom stereocenters. The number of rotatable bonds is 1. The summed E-state index contributed by atoms with van der Waals surface area (Å²) in [7, 11) is 0. The molecular weight excluding hydrogens is 472 g/mol. The second kappa shape index (κ2) is 7.80. The van der Waals surface area contributed by atoms with E-state index in [1.807, 2.05) is 39.1 Å². The summed E-state index contributed by atoms with van der Waals surface area (Å²) in [5.74, 6) is 2.51. The van der Waals surface area contributed by atoms with Crippen molar-refractivity contribution < 1.29 is 14.0 Å². The number of aromatic nitrogens is 1. The molecule has 5 nitrogen and oxygen atoms in total. The molecule has 3 fully saturated rings. The number of hydrogen-bond acceptors (Lipinski definition) is 5. The number of Topliss-reactive ketones (excluding diaryl/α,β-unsaturated/α-hetero) is 1. The lowest BCUT2D eigenvalue weighted by molar-refractivity contribution is -0.145. The Labute approximate surface area is 227 Å². The third kappa shape index (κ3) is 3.18. The van der Waals surface area contributed by atoms with Crippen LogP contribution in [-0.4, -0.2) is 16.6 Å².